The van der Waals surface area contributed by atoms with E-state index in [9.17, 15) is 0 Å². The van der Waals surface area contributed by atoms with Crippen LogP contribution in [0.3, 0.4) is 0 Å². The monoisotopic (exact) mass is 310 g/mol. The van der Waals surface area contributed by atoms with E-state index >= 15 is 0 Å². The van der Waals surface area contributed by atoms with Gasteiger partial charge in [0.05, 0.1) is 7.11 Å². The van der Waals surface area contributed by atoms with Crippen LogP contribution in [-0.4, -0.2) is 19.1 Å². The maximum atomic E-state index is 5.58. The molecule has 122 valence electrons. The first-order chi connectivity index (χ1) is 11.3. The Hall–Kier alpha value is -2.03. The first kappa shape index (κ1) is 15.9. The molecule has 1 aliphatic rings. The first-order valence-electron chi connectivity index (χ1n) is 8.53. The highest BCUT2D eigenvalue weighted by atomic mass is 16.5. The van der Waals surface area contributed by atoms with E-state index in [1.807, 2.05) is 24.5 Å². The molecule has 0 amide bonds. The van der Waals surface area contributed by atoms with Gasteiger partial charge >= 0.3 is 0 Å². The fourth-order valence-electron chi connectivity index (χ4n) is 3.58. The molecule has 0 spiro atoms. The van der Waals surface area contributed by atoms with Crippen LogP contribution in [0.1, 0.15) is 36.8 Å². The van der Waals surface area contributed by atoms with Crippen molar-refractivity contribution < 1.29 is 4.74 Å². The maximum absolute atomic E-state index is 5.58. The zero-order chi connectivity index (χ0) is 16.1. The third kappa shape index (κ3) is 4.04. The second-order valence-electron chi connectivity index (χ2n) is 6.56. The van der Waals surface area contributed by atoms with Gasteiger partial charge < -0.3 is 9.64 Å². The Morgan fingerprint density at radius 1 is 1.13 bits per heavy atom. The van der Waals surface area contributed by atoms with Gasteiger partial charge in [0.15, 0.2) is 0 Å². The van der Waals surface area contributed by atoms with Crippen molar-refractivity contribution in [1.82, 2.24) is 4.98 Å². The molecule has 0 bridgehead atoms. The summed E-state index contributed by atoms with van der Waals surface area (Å²) in [6.07, 6.45) is 10.3. The molecule has 0 unspecified atom stereocenters. The Balaban J connectivity index is 1.74. The Bertz CT molecular complexity index is 621. The normalized spacial score (nSPS) is 14.9. The standard InChI is InChI=1S/C20H26N2O/c1-22(19-9-11-21-12-10-19)15-17-7-8-20(23-2)18(14-17)13-16-5-3-4-6-16/h7-12,14,16H,3-6,13,15H2,1-2H3. The number of benzene rings is 1. The molecule has 1 aliphatic carbocycles. The molecule has 0 atom stereocenters. The summed E-state index contributed by atoms with van der Waals surface area (Å²) in [5, 5.41) is 0. The van der Waals surface area contributed by atoms with Gasteiger partial charge in [-0.15, -0.1) is 0 Å². The molecule has 0 N–H and O–H groups in total. The van der Waals surface area contributed by atoms with Crippen molar-refractivity contribution in [3.63, 3.8) is 0 Å². The summed E-state index contributed by atoms with van der Waals surface area (Å²) in [5.74, 6) is 1.87. The molecule has 3 rings (SSSR count). The zero-order valence-electron chi connectivity index (χ0n) is 14.2. The van der Waals surface area contributed by atoms with Crippen molar-refractivity contribution in [2.45, 2.75) is 38.6 Å². The molecule has 3 heteroatoms. The van der Waals surface area contributed by atoms with Crippen LogP contribution in [-0.2, 0) is 13.0 Å². The van der Waals surface area contributed by atoms with Gasteiger partial charge in [-0.3, -0.25) is 4.98 Å². The number of ether oxygens (including phenoxy) is 1. The number of hydrogen-bond acceptors (Lipinski definition) is 3. The van der Waals surface area contributed by atoms with Crippen molar-refractivity contribution in [1.29, 1.82) is 0 Å². The number of nitrogens with zero attached hydrogens (tertiary/aromatic N) is 2. The van der Waals surface area contributed by atoms with Crippen LogP contribution in [0.25, 0.3) is 0 Å². The highest BCUT2D eigenvalue weighted by Crippen LogP contribution is 2.32. The van der Waals surface area contributed by atoms with E-state index in [4.69, 9.17) is 4.74 Å². The second kappa shape index (κ2) is 7.49. The third-order valence-corrected chi connectivity index (χ3v) is 4.85. The molecular formula is C20H26N2O. The van der Waals surface area contributed by atoms with Crippen molar-refractivity contribution in [2.75, 3.05) is 19.1 Å². The lowest BCUT2D eigenvalue weighted by Crippen LogP contribution is -2.16. The highest BCUT2D eigenvalue weighted by molar-refractivity contribution is 5.45. The van der Waals surface area contributed by atoms with E-state index in [-0.39, 0.29) is 0 Å². The Labute approximate surface area is 139 Å². The lowest BCUT2D eigenvalue weighted by molar-refractivity contribution is 0.404. The molecule has 1 aromatic heterocycles. The molecule has 1 aromatic carbocycles. The van der Waals surface area contributed by atoms with Crippen LogP contribution in [0.4, 0.5) is 5.69 Å². The molecule has 0 aliphatic heterocycles. The summed E-state index contributed by atoms with van der Waals surface area (Å²) < 4.78 is 5.58. The largest absolute Gasteiger partial charge is 0.496 e. The van der Waals surface area contributed by atoms with Gasteiger partial charge in [-0.2, -0.15) is 0 Å². The predicted octanol–water partition coefficient (Wildman–Crippen LogP) is 4.46. The molecule has 0 saturated heterocycles. The van der Waals surface area contributed by atoms with Crippen LogP contribution in [0.5, 0.6) is 5.75 Å². The quantitative estimate of drug-likeness (QED) is 0.787. The van der Waals surface area contributed by atoms with E-state index in [0.29, 0.717) is 0 Å². The number of anilines is 1. The van der Waals surface area contributed by atoms with Crippen LogP contribution in [0, 0.1) is 5.92 Å². The Morgan fingerprint density at radius 2 is 1.87 bits per heavy atom. The van der Waals surface area contributed by atoms with Gasteiger partial charge in [0.25, 0.3) is 0 Å². The summed E-state index contributed by atoms with van der Waals surface area (Å²) in [5.41, 5.74) is 3.88. The second-order valence-corrected chi connectivity index (χ2v) is 6.56. The lowest BCUT2D eigenvalue weighted by Gasteiger charge is -2.20. The molecule has 23 heavy (non-hydrogen) atoms. The van der Waals surface area contributed by atoms with Crippen molar-refractivity contribution in [3.8, 4) is 5.75 Å². The fraction of sp³-hybridized carbons (Fsp3) is 0.450. The number of hydrogen-bond donors (Lipinski definition) is 0. The van der Waals surface area contributed by atoms with Crippen LogP contribution < -0.4 is 9.64 Å². The summed E-state index contributed by atoms with van der Waals surface area (Å²) in [7, 11) is 3.90. The minimum absolute atomic E-state index is 0.831. The van der Waals surface area contributed by atoms with Crippen LogP contribution in [0.2, 0.25) is 0 Å². The van der Waals surface area contributed by atoms with Gasteiger partial charge in [-0.1, -0.05) is 37.8 Å². The van der Waals surface area contributed by atoms with E-state index in [0.717, 1.165) is 24.6 Å². The van der Waals surface area contributed by atoms with E-state index in [1.54, 1.807) is 7.11 Å². The SMILES string of the molecule is COc1ccc(CN(C)c2ccncc2)cc1CC1CCCC1. The van der Waals surface area contributed by atoms with Gasteiger partial charge in [-0.25, -0.2) is 0 Å². The Kier molecular flexibility index (Phi) is 5.16. The minimum Gasteiger partial charge on any atom is -0.496 e. The number of pyridine rings is 1. The van der Waals surface area contributed by atoms with Crippen LogP contribution >= 0.6 is 0 Å². The molecule has 1 fully saturated rings. The molecule has 3 nitrogen and oxygen atoms in total. The highest BCUT2D eigenvalue weighted by Gasteiger charge is 2.17. The summed E-state index contributed by atoms with van der Waals surface area (Å²) in [6, 6.07) is 10.7. The molecular weight excluding hydrogens is 284 g/mol. The summed E-state index contributed by atoms with van der Waals surface area (Å²) >= 11 is 0. The summed E-state index contributed by atoms with van der Waals surface area (Å²) in [4.78, 5) is 6.34. The number of rotatable bonds is 6. The van der Waals surface area contributed by atoms with Crippen molar-refractivity contribution >= 4 is 5.69 Å². The third-order valence-electron chi connectivity index (χ3n) is 4.85. The van der Waals surface area contributed by atoms with Crippen molar-refractivity contribution in [2.24, 2.45) is 5.92 Å². The minimum atomic E-state index is 0.831. The van der Waals surface area contributed by atoms with E-state index < -0.39 is 0 Å². The van der Waals surface area contributed by atoms with E-state index in [2.05, 4.69) is 35.1 Å². The zero-order valence-corrected chi connectivity index (χ0v) is 14.2. The van der Waals surface area contributed by atoms with Gasteiger partial charge in [0.2, 0.25) is 0 Å². The van der Waals surface area contributed by atoms with Gasteiger partial charge in [0, 0.05) is 31.7 Å². The molecule has 2 aromatic rings. The topological polar surface area (TPSA) is 25.4 Å². The average Bonchev–Trinajstić information content (AvgIpc) is 3.09. The Morgan fingerprint density at radius 3 is 2.57 bits per heavy atom. The fourth-order valence-corrected chi connectivity index (χ4v) is 3.58. The van der Waals surface area contributed by atoms with E-state index in [1.165, 1.54) is 42.5 Å². The maximum Gasteiger partial charge on any atom is 0.122 e. The predicted molar refractivity (Wildman–Crippen MR) is 95.0 cm³/mol. The average molecular weight is 310 g/mol. The molecule has 1 saturated carbocycles. The molecule has 1 heterocycles. The smallest absolute Gasteiger partial charge is 0.122 e. The lowest BCUT2D eigenvalue weighted by atomic mass is 9.96. The van der Waals surface area contributed by atoms with Crippen LogP contribution in [0.15, 0.2) is 42.7 Å². The number of aromatic nitrogens is 1. The van der Waals surface area contributed by atoms with Gasteiger partial charge in [0.1, 0.15) is 5.75 Å². The number of methoxy groups -OCH3 is 1. The summed E-state index contributed by atoms with van der Waals surface area (Å²) in [6.45, 7) is 0.895. The van der Waals surface area contributed by atoms with Crippen molar-refractivity contribution in [3.05, 3.63) is 53.9 Å². The first-order valence-corrected chi connectivity index (χ1v) is 8.53. The van der Waals surface area contributed by atoms with Gasteiger partial charge in [-0.05, 0) is 41.7 Å². The molecule has 0 radical (unpaired) electrons.